The van der Waals surface area contributed by atoms with Crippen molar-refractivity contribution < 1.29 is 8.42 Å². The molecule has 3 aromatic rings. The van der Waals surface area contributed by atoms with Crippen LogP contribution in [0.1, 0.15) is 11.3 Å². The summed E-state index contributed by atoms with van der Waals surface area (Å²) < 4.78 is 24.0. The molecule has 0 bridgehead atoms. The molecule has 0 saturated heterocycles. The quantitative estimate of drug-likeness (QED) is 0.774. The van der Waals surface area contributed by atoms with Crippen LogP contribution in [0.15, 0.2) is 22.5 Å². The fourth-order valence-electron chi connectivity index (χ4n) is 1.96. The van der Waals surface area contributed by atoms with Gasteiger partial charge >= 0.3 is 0 Å². The Morgan fingerprint density at radius 3 is 2.62 bits per heavy atom. The molecule has 1 aromatic carbocycles. The fraction of sp³-hybridized carbons (Fsp3) is 0.167. The van der Waals surface area contributed by atoms with Crippen LogP contribution in [0.2, 0.25) is 5.02 Å². The molecule has 2 aromatic heterocycles. The maximum atomic E-state index is 11.3. The van der Waals surface area contributed by atoms with E-state index in [1.807, 2.05) is 32.0 Å². The summed E-state index contributed by atoms with van der Waals surface area (Å²) in [6, 6.07) is 5.66. The molecule has 0 unspecified atom stereocenters. The molecule has 0 spiro atoms. The standard InChI is InChI=1S/C12H11ClN4O2S2/c1-6-3-4-8(5-9(6)13)10-7(2)17-11(15-10)20-12(16-17)21(14,18)19/h3-5H,1-2H3,(H2,14,18,19). The number of rotatable bonds is 2. The van der Waals surface area contributed by atoms with Gasteiger partial charge in [0.05, 0.1) is 11.4 Å². The van der Waals surface area contributed by atoms with Crippen LogP contribution in [0.5, 0.6) is 0 Å². The summed E-state index contributed by atoms with van der Waals surface area (Å²) in [6.07, 6.45) is 0. The lowest BCUT2D eigenvalue weighted by Crippen LogP contribution is -2.12. The Kier molecular flexibility index (Phi) is 3.28. The first kappa shape index (κ1) is 14.5. The maximum Gasteiger partial charge on any atom is 0.267 e. The summed E-state index contributed by atoms with van der Waals surface area (Å²) in [5, 5.41) is 9.73. The van der Waals surface area contributed by atoms with Gasteiger partial charge in [0.2, 0.25) is 9.30 Å². The van der Waals surface area contributed by atoms with E-state index in [-0.39, 0.29) is 4.34 Å². The monoisotopic (exact) mass is 342 g/mol. The smallest absolute Gasteiger partial charge is 0.223 e. The van der Waals surface area contributed by atoms with Gasteiger partial charge in [-0.25, -0.2) is 23.1 Å². The van der Waals surface area contributed by atoms with Crippen LogP contribution in [0, 0.1) is 13.8 Å². The number of aromatic nitrogens is 3. The van der Waals surface area contributed by atoms with Gasteiger partial charge in [-0.05, 0) is 25.5 Å². The maximum absolute atomic E-state index is 11.3. The van der Waals surface area contributed by atoms with Gasteiger partial charge in [0, 0.05) is 10.6 Å². The second-order valence-corrected chi connectivity index (χ2v) is 7.72. The van der Waals surface area contributed by atoms with E-state index in [0.717, 1.165) is 33.9 Å². The number of halogens is 1. The molecule has 0 aliphatic carbocycles. The highest BCUT2D eigenvalue weighted by Crippen LogP contribution is 2.30. The Balaban J connectivity index is 2.19. The second kappa shape index (κ2) is 4.77. The van der Waals surface area contributed by atoms with Crippen LogP contribution in [-0.4, -0.2) is 23.0 Å². The van der Waals surface area contributed by atoms with E-state index >= 15 is 0 Å². The second-order valence-electron chi connectivity index (χ2n) is 4.62. The van der Waals surface area contributed by atoms with E-state index in [2.05, 4.69) is 10.1 Å². The Morgan fingerprint density at radius 1 is 1.33 bits per heavy atom. The van der Waals surface area contributed by atoms with Crippen LogP contribution in [0.4, 0.5) is 0 Å². The zero-order valence-corrected chi connectivity index (χ0v) is 13.6. The highest BCUT2D eigenvalue weighted by Gasteiger charge is 2.20. The number of hydrogen-bond acceptors (Lipinski definition) is 5. The molecule has 6 nitrogen and oxygen atoms in total. The van der Waals surface area contributed by atoms with E-state index in [0.29, 0.717) is 9.98 Å². The molecule has 9 heteroatoms. The molecule has 2 heterocycles. The molecule has 0 aliphatic rings. The molecule has 0 amide bonds. The summed E-state index contributed by atoms with van der Waals surface area (Å²) >= 11 is 7.07. The van der Waals surface area contributed by atoms with Crippen molar-refractivity contribution in [2.24, 2.45) is 5.14 Å². The summed E-state index contributed by atoms with van der Waals surface area (Å²) in [6.45, 7) is 3.74. The minimum absolute atomic E-state index is 0.151. The van der Waals surface area contributed by atoms with Crippen molar-refractivity contribution in [3.8, 4) is 11.3 Å². The number of hydrogen-bond donors (Lipinski definition) is 1. The fourth-order valence-corrected chi connectivity index (χ4v) is 3.70. The predicted octanol–water partition coefficient (Wildman–Crippen LogP) is 2.38. The van der Waals surface area contributed by atoms with E-state index in [1.54, 1.807) is 0 Å². The van der Waals surface area contributed by atoms with Gasteiger partial charge in [0.25, 0.3) is 10.0 Å². The zero-order valence-electron chi connectivity index (χ0n) is 11.2. The molecule has 0 radical (unpaired) electrons. The van der Waals surface area contributed by atoms with Gasteiger partial charge in [0.15, 0.2) is 0 Å². The topological polar surface area (TPSA) is 90.3 Å². The Hall–Kier alpha value is -1.48. The summed E-state index contributed by atoms with van der Waals surface area (Å²) in [4.78, 5) is 4.90. The minimum atomic E-state index is -3.82. The van der Waals surface area contributed by atoms with Gasteiger partial charge in [0.1, 0.15) is 0 Å². The molecule has 0 saturated carbocycles. The van der Waals surface area contributed by atoms with Crippen molar-refractivity contribution in [1.29, 1.82) is 0 Å². The van der Waals surface area contributed by atoms with Crippen molar-refractivity contribution in [2.75, 3.05) is 0 Å². The first-order valence-electron chi connectivity index (χ1n) is 5.93. The largest absolute Gasteiger partial charge is 0.267 e. The van der Waals surface area contributed by atoms with Crippen molar-refractivity contribution >= 4 is 37.9 Å². The highest BCUT2D eigenvalue weighted by atomic mass is 35.5. The van der Waals surface area contributed by atoms with Crippen LogP contribution < -0.4 is 5.14 Å². The zero-order chi connectivity index (χ0) is 15.4. The molecule has 0 fully saturated rings. The molecular formula is C12H11ClN4O2S2. The number of benzene rings is 1. The van der Waals surface area contributed by atoms with E-state index in [1.165, 1.54) is 4.52 Å². The van der Waals surface area contributed by atoms with Gasteiger partial charge < -0.3 is 0 Å². The van der Waals surface area contributed by atoms with Gasteiger partial charge in [-0.2, -0.15) is 0 Å². The average Bonchev–Trinajstić information content (AvgIpc) is 2.93. The molecular weight excluding hydrogens is 332 g/mol. The SMILES string of the molecule is Cc1ccc(-c2nc3sc(S(N)(=O)=O)nn3c2C)cc1Cl. The normalized spacial score (nSPS) is 12.2. The number of primary sulfonamides is 1. The lowest BCUT2D eigenvalue weighted by Gasteiger charge is -2.02. The van der Waals surface area contributed by atoms with E-state index < -0.39 is 10.0 Å². The summed E-state index contributed by atoms with van der Waals surface area (Å²) in [5.41, 5.74) is 3.29. The number of fused-ring (bicyclic) bond motifs is 1. The van der Waals surface area contributed by atoms with Crippen LogP contribution in [0.3, 0.4) is 0 Å². The third-order valence-corrected chi connectivity index (χ3v) is 5.72. The van der Waals surface area contributed by atoms with E-state index in [4.69, 9.17) is 16.7 Å². The minimum Gasteiger partial charge on any atom is -0.223 e. The predicted molar refractivity (Wildman–Crippen MR) is 82.2 cm³/mol. The third kappa shape index (κ3) is 2.44. The van der Waals surface area contributed by atoms with Gasteiger partial charge in [-0.15, -0.1) is 5.10 Å². The highest BCUT2D eigenvalue weighted by molar-refractivity contribution is 7.91. The lowest BCUT2D eigenvalue weighted by molar-refractivity contribution is 0.594. The first-order chi connectivity index (χ1) is 9.77. The molecule has 110 valence electrons. The van der Waals surface area contributed by atoms with Crippen LogP contribution in [0.25, 0.3) is 16.2 Å². The third-order valence-electron chi connectivity index (χ3n) is 3.10. The summed E-state index contributed by atoms with van der Waals surface area (Å²) in [7, 11) is -3.82. The van der Waals surface area contributed by atoms with Crippen LogP contribution >= 0.6 is 22.9 Å². The Morgan fingerprint density at radius 2 is 2.05 bits per heavy atom. The van der Waals surface area contributed by atoms with Crippen molar-refractivity contribution in [3.05, 3.63) is 34.5 Å². The van der Waals surface area contributed by atoms with Crippen molar-refractivity contribution in [2.45, 2.75) is 18.2 Å². The number of nitrogens with zero attached hydrogens (tertiary/aromatic N) is 3. The first-order valence-corrected chi connectivity index (χ1v) is 8.67. The molecule has 3 rings (SSSR count). The Bertz CT molecular complexity index is 959. The Labute approximate surface area is 130 Å². The van der Waals surface area contributed by atoms with Crippen molar-refractivity contribution in [1.82, 2.24) is 14.6 Å². The van der Waals surface area contributed by atoms with Crippen molar-refractivity contribution in [3.63, 3.8) is 0 Å². The average molecular weight is 343 g/mol. The van der Waals surface area contributed by atoms with Crippen LogP contribution in [-0.2, 0) is 10.0 Å². The number of aryl methyl sites for hydroxylation is 2. The van der Waals surface area contributed by atoms with Gasteiger partial charge in [-0.1, -0.05) is 35.1 Å². The number of imidazole rings is 1. The molecule has 0 atom stereocenters. The molecule has 0 aliphatic heterocycles. The number of sulfonamides is 1. The molecule has 2 N–H and O–H groups in total. The summed E-state index contributed by atoms with van der Waals surface area (Å²) in [5.74, 6) is 0. The van der Waals surface area contributed by atoms with E-state index in [9.17, 15) is 8.42 Å². The molecule has 21 heavy (non-hydrogen) atoms. The lowest BCUT2D eigenvalue weighted by atomic mass is 10.1. The van der Waals surface area contributed by atoms with Gasteiger partial charge in [-0.3, -0.25) is 0 Å². The number of nitrogens with two attached hydrogens (primary N) is 1.